The number of urea groups is 1. The third-order valence-electron chi connectivity index (χ3n) is 6.87. The largest absolute Gasteiger partial charge is 0.383 e. The standard InChI is InChI=1S/C22H34N4O2/c1-28-16-20-8-5-10-25(20)14-18-15-26-11-9-17(18)12-21(26)13-23-22(27)24-19-6-3-2-4-7-19/h2-4,6-7,17-18,20-21H,5,8-16H2,1H3,(H2,23,24,27)/t17-,18-,20+,21+/m0/s1. The van der Waals surface area contributed by atoms with E-state index in [1.54, 1.807) is 0 Å². The van der Waals surface area contributed by atoms with Crippen LogP contribution < -0.4 is 10.6 Å². The molecule has 154 valence electrons. The summed E-state index contributed by atoms with van der Waals surface area (Å²) in [6, 6.07) is 10.6. The van der Waals surface area contributed by atoms with E-state index in [0.29, 0.717) is 12.1 Å². The van der Waals surface area contributed by atoms with Crippen LogP contribution in [-0.4, -0.2) is 74.4 Å². The van der Waals surface area contributed by atoms with Gasteiger partial charge in [0.05, 0.1) is 6.61 Å². The number of ether oxygens (including phenoxy) is 1. The maximum atomic E-state index is 12.2. The van der Waals surface area contributed by atoms with Gasteiger partial charge in [0.15, 0.2) is 0 Å². The second-order valence-electron chi connectivity index (χ2n) is 8.64. The zero-order valence-corrected chi connectivity index (χ0v) is 17.0. The summed E-state index contributed by atoms with van der Waals surface area (Å²) < 4.78 is 5.42. The van der Waals surface area contributed by atoms with Gasteiger partial charge in [0.25, 0.3) is 0 Å². The number of nitrogens with one attached hydrogen (secondary N) is 2. The fourth-order valence-corrected chi connectivity index (χ4v) is 5.39. The first-order chi connectivity index (χ1) is 13.7. The molecule has 6 nitrogen and oxygen atoms in total. The average Bonchev–Trinajstić information content (AvgIpc) is 3.15. The van der Waals surface area contributed by atoms with Crippen molar-refractivity contribution in [3.8, 4) is 0 Å². The minimum Gasteiger partial charge on any atom is -0.383 e. The Balaban J connectivity index is 1.24. The van der Waals surface area contributed by atoms with Gasteiger partial charge in [-0.15, -0.1) is 0 Å². The summed E-state index contributed by atoms with van der Waals surface area (Å²) in [7, 11) is 1.82. The van der Waals surface area contributed by atoms with Gasteiger partial charge in [-0.1, -0.05) is 18.2 Å². The number of likely N-dealkylation sites (tertiary alicyclic amines) is 1. The van der Waals surface area contributed by atoms with Crippen LogP contribution in [0.4, 0.5) is 10.5 Å². The Kier molecular flexibility index (Phi) is 6.50. The highest BCUT2D eigenvalue weighted by Crippen LogP contribution is 2.37. The molecule has 5 atom stereocenters. The molecule has 1 unspecified atom stereocenters. The predicted molar refractivity (Wildman–Crippen MR) is 112 cm³/mol. The van der Waals surface area contributed by atoms with Crippen LogP contribution in [0.15, 0.2) is 30.3 Å². The number of fused-ring (bicyclic) bond motifs is 3. The minimum absolute atomic E-state index is 0.107. The number of hydrogen-bond donors (Lipinski definition) is 2. The molecule has 4 heterocycles. The summed E-state index contributed by atoms with van der Waals surface area (Å²) in [4.78, 5) is 17.5. The SMILES string of the molecule is COC[C@H]1CCCN1C[C@H]1CN2CC[C@H]1C[C@@H]2CNC(=O)Nc1ccccc1. The minimum atomic E-state index is -0.107. The van der Waals surface area contributed by atoms with Gasteiger partial charge in [-0.25, -0.2) is 4.79 Å². The number of piperidine rings is 3. The van der Waals surface area contributed by atoms with Gasteiger partial charge in [0.1, 0.15) is 0 Å². The molecule has 4 aliphatic rings. The molecule has 4 saturated heterocycles. The molecule has 2 amide bonds. The number of nitrogens with zero attached hydrogens (tertiary/aromatic N) is 2. The lowest BCUT2D eigenvalue weighted by molar-refractivity contribution is -0.0162. The summed E-state index contributed by atoms with van der Waals surface area (Å²) in [6.45, 7) is 6.39. The van der Waals surface area contributed by atoms with Crippen molar-refractivity contribution in [2.24, 2.45) is 11.8 Å². The second kappa shape index (κ2) is 9.25. The molecule has 0 spiro atoms. The van der Waals surface area contributed by atoms with E-state index in [9.17, 15) is 4.79 Å². The highest BCUT2D eigenvalue weighted by molar-refractivity contribution is 5.89. The zero-order valence-electron chi connectivity index (χ0n) is 17.0. The molecule has 0 radical (unpaired) electrons. The molecule has 5 rings (SSSR count). The fraction of sp³-hybridized carbons (Fsp3) is 0.682. The lowest BCUT2D eigenvalue weighted by Gasteiger charge is -2.51. The van der Waals surface area contributed by atoms with E-state index in [2.05, 4.69) is 20.4 Å². The van der Waals surface area contributed by atoms with Crippen LogP contribution in [0.25, 0.3) is 0 Å². The summed E-state index contributed by atoms with van der Waals surface area (Å²) in [5, 5.41) is 5.99. The van der Waals surface area contributed by atoms with E-state index >= 15 is 0 Å². The Morgan fingerprint density at radius 1 is 1.18 bits per heavy atom. The Labute approximate surface area is 168 Å². The quantitative estimate of drug-likeness (QED) is 0.756. The first kappa shape index (κ1) is 19.7. The van der Waals surface area contributed by atoms with E-state index in [1.807, 2.05) is 37.4 Å². The van der Waals surface area contributed by atoms with Crippen LogP contribution in [0.5, 0.6) is 0 Å². The molecular weight excluding hydrogens is 352 g/mol. The molecular formula is C22H34N4O2. The average molecular weight is 387 g/mol. The number of hydrogen-bond acceptors (Lipinski definition) is 4. The van der Waals surface area contributed by atoms with E-state index in [0.717, 1.165) is 30.7 Å². The van der Waals surface area contributed by atoms with Crippen molar-refractivity contribution in [1.82, 2.24) is 15.1 Å². The molecule has 0 aliphatic carbocycles. The smallest absolute Gasteiger partial charge is 0.319 e. The zero-order chi connectivity index (χ0) is 19.3. The third kappa shape index (κ3) is 4.67. The maximum absolute atomic E-state index is 12.2. The fourth-order valence-electron chi connectivity index (χ4n) is 5.39. The maximum Gasteiger partial charge on any atom is 0.319 e. The molecule has 2 N–H and O–H groups in total. The van der Waals surface area contributed by atoms with Crippen molar-refractivity contribution >= 4 is 11.7 Å². The van der Waals surface area contributed by atoms with Crippen molar-refractivity contribution in [3.63, 3.8) is 0 Å². The monoisotopic (exact) mass is 386 g/mol. The van der Waals surface area contributed by atoms with Crippen LogP contribution in [0.1, 0.15) is 25.7 Å². The van der Waals surface area contributed by atoms with Crippen LogP contribution in [0.2, 0.25) is 0 Å². The van der Waals surface area contributed by atoms with Crippen LogP contribution in [-0.2, 0) is 4.74 Å². The molecule has 1 aromatic carbocycles. The number of amides is 2. The molecule has 2 bridgehead atoms. The number of methoxy groups -OCH3 is 1. The predicted octanol–water partition coefficient (Wildman–Crippen LogP) is 2.63. The van der Waals surface area contributed by atoms with E-state index in [-0.39, 0.29) is 6.03 Å². The lowest BCUT2D eigenvalue weighted by atomic mass is 9.75. The first-order valence-corrected chi connectivity index (χ1v) is 10.8. The number of benzene rings is 1. The van der Waals surface area contributed by atoms with Crippen LogP contribution >= 0.6 is 0 Å². The molecule has 4 aliphatic heterocycles. The Morgan fingerprint density at radius 3 is 2.79 bits per heavy atom. The van der Waals surface area contributed by atoms with Gasteiger partial charge < -0.3 is 15.4 Å². The summed E-state index contributed by atoms with van der Waals surface area (Å²) in [6.07, 6.45) is 5.09. The van der Waals surface area contributed by atoms with Gasteiger partial charge in [0.2, 0.25) is 0 Å². The lowest BCUT2D eigenvalue weighted by Crippen LogP contribution is -2.59. The Bertz CT molecular complexity index is 641. The Hall–Kier alpha value is -1.63. The van der Waals surface area contributed by atoms with Gasteiger partial charge in [-0.3, -0.25) is 9.80 Å². The van der Waals surface area contributed by atoms with Gasteiger partial charge in [-0.2, -0.15) is 0 Å². The van der Waals surface area contributed by atoms with E-state index in [4.69, 9.17) is 4.74 Å². The topological polar surface area (TPSA) is 56.8 Å². The number of para-hydroxylation sites is 1. The van der Waals surface area contributed by atoms with E-state index < -0.39 is 0 Å². The number of carbonyl (C=O) groups is 1. The molecule has 6 heteroatoms. The van der Waals surface area contributed by atoms with Crippen LogP contribution in [0, 0.1) is 11.8 Å². The molecule has 28 heavy (non-hydrogen) atoms. The Morgan fingerprint density at radius 2 is 2.04 bits per heavy atom. The summed E-state index contributed by atoms with van der Waals surface area (Å²) >= 11 is 0. The highest BCUT2D eigenvalue weighted by Gasteiger charge is 2.41. The summed E-state index contributed by atoms with van der Waals surface area (Å²) in [5.41, 5.74) is 0.835. The normalized spacial score (nSPS) is 32.4. The second-order valence-corrected chi connectivity index (χ2v) is 8.64. The number of anilines is 1. The number of carbonyl (C=O) groups excluding carboxylic acids is 1. The molecule has 1 aromatic rings. The summed E-state index contributed by atoms with van der Waals surface area (Å²) in [5.74, 6) is 1.55. The molecule has 0 aromatic heterocycles. The third-order valence-corrected chi connectivity index (χ3v) is 6.87. The number of rotatable bonds is 7. The molecule has 0 saturated carbocycles. The van der Waals surface area contributed by atoms with Crippen molar-refractivity contribution in [3.05, 3.63) is 30.3 Å². The van der Waals surface area contributed by atoms with E-state index in [1.165, 1.54) is 51.9 Å². The van der Waals surface area contributed by atoms with Crippen molar-refractivity contribution in [1.29, 1.82) is 0 Å². The molecule has 4 fully saturated rings. The van der Waals surface area contributed by atoms with Crippen molar-refractivity contribution in [2.75, 3.05) is 51.8 Å². The first-order valence-electron chi connectivity index (χ1n) is 10.8. The highest BCUT2D eigenvalue weighted by atomic mass is 16.5. The van der Waals surface area contributed by atoms with Gasteiger partial charge in [0, 0.05) is 44.5 Å². The van der Waals surface area contributed by atoms with Gasteiger partial charge >= 0.3 is 6.03 Å². The van der Waals surface area contributed by atoms with Crippen LogP contribution in [0.3, 0.4) is 0 Å². The van der Waals surface area contributed by atoms with Gasteiger partial charge in [-0.05, 0) is 62.7 Å². The van der Waals surface area contributed by atoms with Crippen molar-refractivity contribution in [2.45, 2.75) is 37.8 Å². The van der Waals surface area contributed by atoms with Crippen molar-refractivity contribution < 1.29 is 9.53 Å².